The Kier molecular flexibility index (Phi) is 2.78. The number of para-hydroxylation sites is 2. The van der Waals surface area contributed by atoms with Crippen molar-refractivity contribution in [1.29, 1.82) is 0 Å². The van der Waals surface area contributed by atoms with Crippen molar-refractivity contribution >= 4 is 17.3 Å². The molecule has 5 rings (SSSR count). The van der Waals surface area contributed by atoms with Crippen LogP contribution >= 0.6 is 0 Å². The summed E-state index contributed by atoms with van der Waals surface area (Å²) in [6, 6.07) is 19.3. The molecule has 2 aliphatic heterocycles. The van der Waals surface area contributed by atoms with Gasteiger partial charge in [0.1, 0.15) is 0 Å². The largest absolute Gasteiger partial charge is 0.273 e. The van der Waals surface area contributed by atoms with Crippen LogP contribution in [-0.2, 0) is 4.79 Å². The third kappa shape index (κ3) is 1.92. The third-order valence-electron chi connectivity index (χ3n) is 5.51. The van der Waals surface area contributed by atoms with Gasteiger partial charge in [0.2, 0.25) is 5.91 Å². The molecule has 1 saturated carbocycles. The number of anilines is 2. The minimum atomic E-state index is 0.263. The zero-order valence-electron chi connectivity index (χ0n) is 13.1. The lowest BCUT2D eigenvalue weighted by molar-refractivity contribution is -0.129. The van der Waals surface area contributed by atoms with E-state index in [-0.39, 0.29) is 5.91 Å². The lowest BCUT2D eigenvalue weighted by Crippen LogP contribution is -2.51. The molecule has 2 aromatic carbocycles. The van der Waals surface area contributed by atoms with E-state index >= 15 is 0 Å². The van der Waals surface area contributed by atoms with E-state index in [1.807, 2.05) is 18.2 Å². The van der Waals surface area contributed by atoms with Crippen LogP contribution in [0.4, 0.5) is 11.4 Å². The molecule has 2 fully saturated rings. The Labute approximate surface area is 136 Å². The van der Waals surface area contributed by atoms with Crippen LogP contribution in [-0.4, -0.2) is 17.0 Å². The second kappa shape index (κ2) is 4.85. The Morgan fingerprint density at radius 3 is 2.39 bits per heavy atom. The van der Waals surface area contributed by atoms with E-state index in [1.54, 1.807) is 0 Å². The van der Waals surface area contributed by atoms with Crippen LogP contribution in [0.1, 0.15) is 37.2 Å². The van der Waals surface area contributed by atoms with Gasteiger partial charge in [-0.15, -0.1) is 0 Å². The summed E-state index contributed by atoms with van der Waals surface area (Å²) in [6.45, 7) is 0. The second-order valence-electron chi connectivity index (χ2n) is 6.91. The van der Waals surface area contributed by atoms with Crippen molar-refractivity contribution in [1.82, 2.24) is 5.01 Å². The Morgan fingerprint density at radius 2 is 1.61 bits per heavy atom. The highest BCUT2D eigenvalue weighted by molar-refractivity contribution is 5.85. The van der Waals surface area contributed by atoms with Gasteiger partial charge in [0.05, 0.1) is 17.4 Å². The Balaban J connectivity index is 1.72. The summed E-state index contributed by atoms with van der Waals surface area (Å²) in [4.78, 5) is 12.7. The van der Waals surface area contributed by atoms with Gasteiger partial charge in [0.25, 0.3) is 0 Å². The van der Waals surface area contributed by atoms with Crippen molar-refractivity contribution in [3.63, 3.8) is 0 Å². The molecule has 3 nitrogen and oxygen atoms in total. The maximum atomic E-state index is 12.7. The Bertz CT molecular complexity index is 753. The summed E-state index contributed by atoms with van der Waals surface area (Å²) >= 11 is 0. The number of rotatable bonds is 2. The molecule has 3 aliphatic rings. The predicted molar refractivity (Wildman–Crippen MR) is 90.4 cm³/mol. The molecule has 0 N–H and O–H groups in total. The summed E-state index contributed by atoms with van der Waals surface area (Å²) in [5, 5.41) is 4.22. The summed E-state index contributed by atoms with van der Waals surface area (Å²) in [7, 11) is 0. The van der Waals surface area contributed by atoms with Gasteiger partial charge < -0.3 is 0 Å². The molecule has 23 heavy (non-hydrogen) atoms. The molecule has 1 amide bonds. The SMILES string of the molecule is O=C1CCC2C(C3CC3)c3ccccc3N(c3ccccc3)N12. The normalized spacial score (nSPS) is 26.2. The number of fused-ring (bicyclic) bond motifs is 2. The van der Waals surface area contributed by atoms with Crippen LogP contribution in [0.2, 0.25) is 0 Å². The first-order valence-corrected chi connectivity index (χ1v) is 8.60. The van der Waals surface area contributed by atoms with E-state index < -0.39 is 0 Å². The number of nitrogens with zero attached hydrogens (tertiary/aromatic N) is 2. The molecule has 2 heterocycles. The topological polar surface area (TPSA) is 23.6 Å². The van der Waals surface area contributed by atoms with E-state index in [4.69, 9.17) is 0 Å². The lowest BCUT2D eigenvalue weighted by atomic mass is 9.83. The molecule has 116 valence electrons. The molecular weight excluding hydrogens is 284 g/mol. The summed E-state index contributed by atoms with van der Waals surface area (Å²) in [5.74, 6) is 1.53. The van der Waals surface area contributed by atoms with Crippen molar-refractivity contribution in [3.05, 3.63) is 60.2 Å². The van der Waals surface area contributed by atoms with Gasteiger partial charge in [0, 0.05) is 12.3 Å². The van der Waals surface area contributed by atoms with Crippen LogP contribution in [0.25, 0.3) is 0 Å². The fraction of sp³-hybridized carbons (Fsp3) is 0.350. The maximum Gasteiger partial charge on any atom is 0.241 e. The van der Waals surface area contributed by atoms with E-state index in [0.717, 1.165) is 18.0 Å². The number of carbonyl (C=O) groups excluding carboxylic acids is 1. The third-order valence-corrected chi connectivity index (χ3v) is 5.51. The minimum absolute atomic E-state index is 0.263. The van der Waals surface area contributed by atoms with Gasteiger partial charge in [-0.25, -0.2) is 5.01 Å². The molecule has 0 aromatic heterocycles. The zero-order chi connectivity index (χ0) is 15.4. The van der Waals surface area contributed by atoms with Crippen LogP contribution in [0, 0.1) is 5.92 Å². The van der Waals surface area contributed by atoms with Crippen molar-refractivity contribution in [3.8, 4) is 0 Å². The summed E-state index contributed by atoms with van der Waals surface area (Å²) < 4.78 is 0. The quantitative estimate of drug-likeness (QED) is 0.828. The highest BCUT2D eigenvalue weighted by atomic mass is 16.2. The van der Waals surface area contributed by atoms with Gasteiger partial charge in [-0.05, 0) is 48.9 Å². The van der Waals surface area contributed by atoms with E-state index in [2.05, 4.69) is 46.4 Å². The van der Waals surface area contributed by atoms with Gasteiger partial charge in [-0.3, -0.25) is 9.80 Å². The number of hydrogen-bond donors (Lipinski definition) is 0. The van der Waals surface area contributed by atoms with Gasteiger partial charge >= 0.3 is 0 Å². The molecule has 1 aliphatic carbocycles. The molecule has 0 radical (unpaired) electrons. The molecular formula is C20H20N2O. The smallest absolute Gasteiger partial charge is 0.241 e. The highest BCUT2D eigenvalue weighted by Gasteiger charge is 2.50. The maximum absolute atomic E-state index is 12.7. The molecule has 3 heteroatoms. The van der Waals surface area contributed by atoms with Gasteiger partial charge in [0.15, 0.2) is 0 Å². The monoisotopic (exact) mass is 304 g/mol. The number of carbonyl (C=O) groups is 1. The Morgan fingerprint density at radius 1 is 0.870 bits per heavy atom. The first kappa shape index (κ1) is 13.2. The molecule has 1 saturated heterocycles. The fourth-order valence-electron chi connectivity index (χ4n) is 4.43. The Hall–Kier alpha value is -2.29. The molecule has 0 bridgehead atoms. The first-order valence-electron chi connectivity index (χ1n) is 8.60. The van der Waals surface area contributed by atoms with E-state index in [1.165, 1.54) is 24.1 Å². The summed E-state index contributed by atoms with van der Waals surface area (Å²) in [5.41, 5.74) is 3.69. The fourth-order valence-corrected chi connectivity index (χ4v) is 4.43. The predicted octanol–water partition coefficient (Wildman–Crippen LogP) is 4.24. The molecule has 2 unspecified atom stereocenters. The van der Waals surface area contributed by atoms with Crippen LogP contribution in [0.15, 0.2) is 54.6 Å². The number of amides is 1. The van der Waals surface area contributed by atoms with Crippen LogP contribution < -0.4 is 5.01 Å². The van der Waals surface area contributed by atoms with Crippen LogP contribution in [0.3, 0.4) is 0 Å². The molecule has 2 atom stereocenters. The van der Waals surface area contributed by atoms with Gasteiger partial charge in [-0.1, -0.05) is 36.4 Å². The van der Waals surface area contributed by atoms with Crippen molar-refractivity contribution in [2.24, 2.45) is 5.92 Å². The zero-order valence-corrected chi connectivity index (χ0v) is 13.1. The van der Waals surface area contributed by atoms with Crippen molar-refractivity contribution < 1.29 is 4.79 Å². The van der Waals surface area contributed by atoms with Crippen LogP contribution in [0.5, 0.6) is 0 Å². The average molecular weight is 304 g/mol. The van der Waals surface area contributed by atoms with Crippen molar-refractivity contribution in [2.45, 2.75) is 37.6 Å². The molecule has 0 spiro atoms. The number of hydrazine groups is 1. The average Bonchev–Trinajstić information content (AvgIpc) is 3.37. The lowest BCUT2D eigenvalue weighted by Gasteiger charge is -2.47. The summed E-state index contributed by atoms with van der Waals surface area (Å²) in [6.07, 6.45) is 4.27. The number of benzene rings is 2. The standard InChI is InChI=1S/C20H20N2O/c23-19-13-12-18-20(14-10-11-14)16-8-4-5-9-17(16)21(22(18)19)15-6-2-1-3-7-15/h1-9,14,18,20H,10-13H2. The minimum Gasteiger partial charge on any atom is -0.273 e. The number of hydrogen-bond acceptors (Lipinski definition) is 2. The van der Waals surface area contributed by atoms with Crippen molar-refractivity contribution in [2.75, 3.05) is 5.01 Å². The van der Waals surface area contributed by atoms with E-state index in [9.17, 15) is 4.79 Å². The highest BCUT2D eigenvalue weighted by Crippen LogP contribution is 2.54. The second-order valence-corrected chi connectivity index (χ2v) is 6.91. The van der Waals surface area contributed by atoms with E-state index in [0.29, 0.717) is 18.4 Å². The molecule has 2 aromatic rings. The van der Waals surface area contributed by atoms with Gasteiger partial charge in [-0.2, -0.15) is 0 Å². The first-order chi connectivity index (χ1) is 11.3.